The molecule has 0 bridgehead atoms. The number of methoxy groups -OCH3 is 1. The van der Waals surface area contributed by atoms with Crippen LogP contribution in [0, 0.1) is 12.7 Å². The largest absolute Gasteiger partial charge is 0.496 e. The highest BCUT2D eigenvalue weighted by Gasteiger charge is 2.20. The molecular formula is C25H28FN3O4S. The Morgan fingerprint density at radius 3 is 2.35 bits per heavy atom. The third kappa shape index (κ3) is 5.92. The van der Waals surface area contributed by atoms with Crippen LogP contribution in [0.25, 0.3) is 0 Å². The molecular weight excluding hydrogens is 457 g/mol. The molecule has 0 spiro atoms. The molecule has 0 heterocycles. The number of amides is 1. The van der Waals surface area contributed by atoms with Crippen LogP contribution in [-0.4, -0.2) is 47.0 Å². The summed E-state index contributed by atoms with van der Waals surface area (Å²) in [6, 6.07) is 17.2. The summed E-state index contributed by atoms with van der Waals surface area (Å²) >= 11 is 0. The van der Waals surface area contributed by atoms with E-state index in [4.69, 9.17) is 4.74 Å². The number of sulfonamides is 1. The number of anilines is 1. The number of likely N-dealkylation sites (N-methyl/N-ethyl adjacent to an activating group) is 1. The van der Waals surface area contributed by atoms with E-state index in [1.807, 2.05) is 43.3 Å². The number of carbonyl (C=O) groups is 1. The topological polar surface area (TPSA) is 87.7 Å². The van der Waals surface area contributed by atoms with E-state index in [9.17, 15) is 17.6 Å². The van der Waals surface area contributed by atoms with Crippen LogP contribution in [0.1, 0.15) is 27.5 Å². The smallest absolute Gasteiger partial charge is 0.261 e. The molecule has 180 valence electrons. The third-order valence-corrected chi connectivity index (χ3v) is 6.80. The molecule has 1 amide bonds. The monoisotopic (exact) mass is 485 g/mol. The van der Waals surface area contributed by atoms with E-state index in [1.165, 1.54) is 43.3 Å². The van der Waals surface area contributed by atoms with Crippen LogP contribution in [0.3, 0.4) is 0 Å². The Bertz CT molecular complexity index is 1260. The van der Waals surface area contributed by atoms with Crippen LogP contribution in [0.5, 0.6) is 5.75 Å². The molecule has 0 unspecified atom stereocenters. The van der Waals surface area contributed by atoms with E-state index in [2.05, 4.69) is 10.0 Å². The fraction of sp³-hybridized carbons (Fsp3) is 0.240. The minimum Gasteiger partial charge on any atom is -0.496 e. The van der Waals surface area contributed by atoms with Gasteiger partial charge in [-0.25, -0.2) is 12.8 Å². The molecule has 0 aromatic heterocycles. The van der Waals surface area contributed by atoms with Gasteiger partial charge in [0, 0.05) is 23.4 Å². The van der Waals surface area contributed by atoms with E-state index in [-0.39, 0.29) is 22.4 Å². The maximum Gasteiger partial charge on any atom is 0.261 e. The van der Waals surface area contributed by atoms with E-state index >= 15 is 0 Å². The van der Waals surface area contributed by atoms with Crippen molar-refractivity contribution >= 4 is 21.6 Å². The van der Waals surface area contributed by atoms with Gasteiger partial charge in [0.25, 0.3) is 15.9 Å². The van der Waals surface area contributed by atoms with E-state index in [0.717, 1.165) is 17.4 Å². The van der Waals surface area contributed by atoms with Crippen molar-refractivity contribution in [2.75, 3.05) is 32.5 Å². The maximum atomic E-state index is 13.5. The number of aryl methyl sites for hydroxylation is 1. The van der Waals surface area contributed by atoms with Crippen LogP contribution in [0.2, 0.25) is 0 Å². The lowest BCUT2D eigenvalue weighted by Crippen LogP contribution is -2.34. The van der Waals surface area contributed by atoms with Crippen LogP contribution in [0.4, 0.5) is 10.1 Å². The Balaban J connectivity index is 1.68. The summed E-state index contributed by atoms with van der Waals surface area (Å²) in [6.07, 6.45) is 0. The average Bonchev–Trinajstić information content (AvgIpc) is 2.81. The second-order valence-corrected chi connectivity index (χ2v) is 9.71. The molecule has 0 aliphatic rings. The molecule has 0 aliphatic carbocycles. The molecule has 2 N–H and O–H groups in total. The summed E-state index contributed by atoms with van der Waals surface area (Å²) in [5.74, 6) is -0.0229. The van der Waals surface area contributed by atoms with E-state index in [1.54, 1.807) is 7.11 Å². The number of para-hydroxylation sites is 1. The highest BCUT2D eigenvalue weighted by Crippen LogP contribution is 2.27. The van der Waals surface area contributed by atoms with Gasteiger partial charge >= 0.3 is 0 Å². The molecule has 7 nitrogen and oxygen atoms in total. The first-order valence-corrected chi connectivity index (χ1v) is 12.1. The normalized spacial score (nSPS) is 12.3. The maximum absolute atomic E-state index is 13.5. The summed E-state index contributed by atoms with van der Waals surface area (Å²) in [7, 11) is 1.57. The van der Waals surface area contributed by atoms with Gasteiger partial charge in [-0.15, -0.1) is 0 Å². The number of nitrogens with zero attached hydrogens (tertiary/aromatic N) is 1. The molecule has 1 atom stereocenters. The molecule has 0 saturated heterocycles. The van der Waals surface area contributed by atoms with Crippen LogP contribution in [-0.2, 0) is 10.0 Å². The predicted octanol–water partition coefficient (Wildman–Crippen LogP) is 3.98. The minimum atomic E-state index is -3.89. The Morgan fingerprint density at radius 1 is 1.06 bits per heavy atom. The van der Waals surface area contributed by atoms with Crippen molar-refractivity contribution in [2.24, 2.45) is 0 Å². The first kappa shape index (κ1) is 25.2. The molecule has 34 heavy (non-hydrogen) atoms. The molecule has 0 saturated carbocycles. The molecule has 0 radical (unpaired) electrons. The number of rotatable bonds is 9. The molecule has 3 aromatic carbocycles. The van der Waals surface area contributed by atoms with Crippen LogP contribution < -0.4 is 14.8 Å². The zero-order valence-electron chi connectivity index (χ0n) is 19.5. The number of carbonyl (C=O) groups excluding carboxylic acids is 1. The van der Waals surface area contributed by atoms with Crippen LogP contribution in [0.15, 0.2) is 71.6 Å². The molecule has 0 aliphatic heterocycles. The molecule has 3 aromatic rings. The SMILES string of the molecule is COc1ccccc1[C@@H](CNC(=O)c1ccc(NS(=O)(=O)c2ccc(F)c(C)c2)cc1)N(C)C. The molecule has 0 fully saturated rings. The Labute approximate surface area is 199 Å². The van der Waals surface area contributed by atoms with Crippen molar-refractivity contribution < 1.29 is 22.3 Å². The molecule has 9 heteroatoms. The lowest BCUT2D eigenvalue weighted by Gasteiger charge is -2.26. The Hall–Kier alpha value is -3.43. The van der Waals surface area contributed by atoms with Gasteiger partial charge in [0.2, 0.25) is 0 Å². The number of halogens is 1. The Kier molecular flexibility index (Phi) is 7.90. The van der Waals surface area contributed by atoms with Gasteiger partial charge in [-0.2, -0.15) is 0 Å². The highest BCUT2D eigenvalue weighted by molar-refractivity contribution is 7.92. The first-order chi connectivity index (χ1) is 16.1. The van der Waals surface area contributed by atoms with Crippen molar-refractivity contribution in [1.82, 2.24) is 10.2 Å². The number of hydrogen-bond donors (Lipinski definition) is 2. The lowest BCUT2D eigenvalue weighted by atomic mass is 10.0. The van der Waals surface area contributed by atoms with E-state index in [0.29, 0.717) is 17.8 Å². The second-order valence-electron chi connectivity index (χ2n) is 8.03. The fourth-order valence-electron chi connectivity index (χ4n) is 3.49. The van der Waals surface area contributed by atoms with Gasteiger partial charge in [0.05, 0.1) is 18.0 Å². The quantitative estimate of drug-likeness (QED) is 0.479. The van der Waals surface area contributed by atoms with Gasteiger partial charge in [-0.05, 0) is 75.1 Å². The second kappa shape index (κ2) is 10.7. The van der Waals surface area contributed by atoms with Crippen molar-refractivity contribution in [1.29, 1.82) is 0 Å². The summed E-state index contributed by atoms with van der Waals surface area (Å²) in [6.45, 7) is 1.85. The fourth-order valence-corrected chi connectivity index (χ4v) is 4.64. The van der Waals surface area contributed by atoms with Crippen LogP contribution >= 0.6 is 0 Å². The first-order valence-electron chi connectivity index (χ1n) is 10.6. The minimum absolute atomic E-state index is 0.0423. The number of hydrogen-bond acceptors (Lipinski definition) is 5. The summed E-state index contributed by atoms with van der Waals surface area (Å²) in [5.41, 5.74) is 1.87. The van der Waals surface area contributed by atoms with Crippen molar-refractivity contribution in [3.63, 3.8) is 0 Å². The lowest BCUT2D eigenvalue weighted by molar-refractivity contribution is 0.0941. The number of nitrogens with one attached hydrogen (secondary N) is 2. The van der Waals surface area contributed by atoms with Gasteiger partial charge < -0.3 is 15.0 Å². The van der Waals surface area contributed by atoms with Gasteiger partial charge in [0.1, 0.15) is 11.6 Å². The zero-order valence-corrected chi connectivity index (χ0v) is 20.3. The number of benzene rings is 3. The average molecular weight is 486 g/mol. The van der Waals surface area contributed by atoms with Gasteiger partial charge in [0.15, 0.2) is 0 Å². The van der Waals surface area contributed by atoms with Crippen molar-refractivity contribution in [3.8, 4) is 5.75 Å². The summed E-state index contributed by atoms with van der Waals surface area (Å²) in [4.78, 5) is 14.7. The van der Waals surface area contributed by atoms with E-state index < -0.39 is 15.8 Å². The van der Waals surface area contributed by atoms with Crippen molar-refractivity contribution in [2.45, 2.75) is 17.9 Å². The standard InChI is InChI=1S/C25H28FN3O4S/c1-17-15-20(13-14-22(17)26)34(31,32)28-19-11-9-18(10-12-19)25(30)27-16-23(29(2)3)21-7-5-6-8-24(21)33-4/h5-15,23,28H,16H2,1-4H3,(H,27,30)/t23-/m1/s1. The van der Waals surface area contributed by atoms with Crippen molar-refractivity contribution in [3.05, 3.63) is 89.2 Å². The Morgan fingerprint density at radius 2 is 1.74 bits per heavy atom. The van der Waals surface area contributed by atoms with Gasteiger partial charge in [-0.1, -0.05) is 18.2 Å². The summed E-state index contributed by atoms with van der Waals surface area (Å²) in [5, 5.41) is 2.92. The third-order valence-electron chi connectivity index (χ3n) is 5.42. The zero-order chi connectivity index (χ0) is 24.9. The summed E-state index contributed by atoms with van der Waals surface area (Å²) < 4.78 is 46.5. The predicted molar refractivity (Wildman–Crippen MR) is 130 cm³/mol. The highest BCUT2D eigenvalue weighted by atomic mass is 32.2. The molecule has 3 rings (SSSR count). The van der Waals surface area contributed by atoms with Gasteiger partial charge in [-0.3, -0.25) is 9.52 Å². The number of ether oxygens (including phenoxy) is 1.